The van der Waals surface area contributed by atoms with Crippen LogP contribution in [-0.4, -0.2) is 49.6 Å². The van der Waals surface area contributed by atoms with Crippen LogP contribution in [0.5, 0.6) is 0 Å². The summed E-state index contributed by atoms with van der Waals surface area (Å²) < 4.78 is 13.3. The van der Waals surface area contributed by atoms with Gasteiger partial charge in [0, 0.05) is 6.04 Å². The summed E-state index contributed by atoms with van der Waals surface area (Å²) in [6.07, 6.45) is 6.54. The topological polar surface area (TPSA) is 6.48 Å². The molecule has 1 aromatic carbocycles. The zero-order chi connectivity index (χ0) is 16.4. The van der Waals surface area contributed by atoms with Gasteiger partial charge in [-0.05, 0) is 94.9 Å². The maximum absolute atomic E-state index is 13.3. The Bertz CT molecular complexity index is 503. The molecule has 0 radical (unpaired) electrons. The highest BCUT2D eigenvalue weighted by atomic mass is 19.1. The van der Waals surface area contributed by atoms with Gasteiger partial charge in [0.1, 0.15) is 5.82 Å². The Balaban J connectivity index is 1.80. The van der Waals surface area contributed by atoms with Gasteiger partial charge in [-0.1, -0.05) is 19.1 Å². The summed E-state index contributed by atoms with van der Waals surface area (Å²) in [6.45, 7) is 5.94. The van der Waals surface area contributed by atoms with Crippen molar-refractivity contribution in [2.24, 2.45) is 5.41 Å². The molecule has 3 heteroatoms. The van der Waals surface area contributed by atoms with E-state index in [1.165, 1.54) is 57.3 Å². The number of nitrogens with zero attached hydrogens (tertiary/aromatic N) is 2. The molecular weight excluding hydrogens is 287 g/mol. The first kappa shape index (κ1) is 16.9. The van der Waals surface area contributed by atoms with E-state index in [0.29, 0.717) is 17.4 Å². The Hall–Kier alpha value is -0.930. The lowest BCUT2D eigenvalue weighted by Crippen LogP contribution is -2.47. The predicted octanol–water partition coefficient (Wildman–Crippen LogP) is 4.13. The van der Waals surface area contributed by atoms with Gasteiger partial charge in [-0.15, -0.1) is 0 Å². The normalized spacial score (nSPS) is 28.4. The number of piperidine rings is 1. The number of hydrogen-bond acceptors (Lipinski definition) is 2. The van der Waals surface area contributed by atoms with Crippen molar-refractivity contribution in [2.45, 2.75) is 51.0 Å². The van der Waals surface area contributed by atoms with Crippen molar-refractivity contribution in [3.8, 4) is 0 Å². The molecular formula is C20H31FN2. The number of halogens is 1. The molecule has 23 heavy (non-hydrogen) atoms. The van der Waals surface area contributed by atoms with Gasteiger partial charge in [-0.2, -0.15) is 0 Å². The van der Waals surface area contributed by atoms with Crippen molar-refractivity contribution in [1.82, 2.24) is 9.80 Å². The summed E-state index contributed by atoms with van der Waals surface area (Å²) >= 11 is 0. The molecule has 0 aromatic heterocycles. The summed E-state index contributed by atoms with van der Waals surface area (Å²) in [5.74, 6) is 0.407. The van der Waals surface area contributed by atoms with Crippen molar-refractivity contribution in [3.63, 3.8) is 0 Å². The van der Waals surface area contributed by atoms with Crippen molar-refractivity contribution in [2.75, 3.05) is 33.7 Å². The molecule has 0 N–H and O–H groups in total. The standard InChI is InChI=1S/C20H31FN2/c1-4-23-13-11-20(12-14-23)10-9-19(22(2)3)18(15-20)16-5-7-17(21)8-6-16/h5-8,18-19H,4,9-15H2,1-3H3. The molecule has 1 saturated carbocycles. The van der Waals surface area contributed by atoms with E-state index in [0.717, 1.165) is 0 Å². The molecule has 1 aliphatic carbocycles. The van der Waals surface area contributed by atoms with E-state index in [9.17, 15) is 4.39 Å². The SMILES string of the molecule is CCN1CCC2(CCC(N(C)C)C(c3ccc(F)cc3)C2)CC1. The first-order valence-corrected chi connectivity index (χ1v) is 9.17. The molecule has 128 valence electrons. The minimum Gasteiger partial charge on any atom is -0.306 e. The van der Waals surface area contributed by atoms with Crippen molar-refractivity contribution in [1.29, 1.82) is 0 Å². The van der Waals surface area contributed by atoms with Gasteiger partial charge in [0.15, 0.2) is 0 Å². The first-order valence-electron chi connectivity index (χ1n) is 9.17. The van der Waals surface area contributed by atoms with Gasteiger partial charge >= 0.3 is 0 Å². The molecule has 1 saturated heterocycles. The van der Waals surface area contributed by atoms with E-state index >= 15 is 0 Å². The maximum atomic E-state index is 13.3. The second kappa shape index (κ2) is 6.90. The van der Waals surface area contributed by atoms with E-state index in [1.54, 1.807) is 12.1 Å². The van der Waals surface area contributed by atoms with Crippen LogP contribution in [0.15, 0.2) is 24.3 Å². The van der Waals surface area contributed by atoms with Crippen molar-refractivity contribution < 1.29 is 4.39 Å². The van der Waals surface area contributed by atoms with Crippen LogP contribution in [0.4, 0.5) is 4.39 Å². The summed E-state index contributed by atoms with van der Waals surface area (Å²) in [5, 5.41) is 0. The molecule has 1 aliphatic heterocycles. The number of benzene rings is 1. The molecule has 1 aromatic rings. The van der Waals surface area contributed by atoms with Crippen molar-refractivity contribution in [3.05, 3.63) is 35.6 Å². The molecule has 0 bridgehead atoms. The van der Waals surface area contributed by atoms with Crippen LogP contribution in [0.25, 0.3) is 0 Å². The minimum atomic E-state index is -0.128. The van der Waals surface area contributed by atoms with E-state index in [2.05, 4.69) is 30.8 Å². The third-order valence-electron chi connectivity index (χ3n) is 6.41. The maximum Gasteiger partial charge on any atom is 0.123 e. The highest BCUT2D eigenvalue weighted by molar-refractivity contribution is 5.24. The second-order valence-electron chi connectivity index (χ2n) is 7.87. The van der Waals surface area contributed by atoms with Crippen LogP contribution >= 0.6 is 0 Å². The average Bonchev–Trinajstić information content (AvgIpc) is 2.56. The van der Waals surface area contributed by atoms with Crippen molar-refractivity contribution >= 4 is 0 Å². The Morgan fingerprint density at radius 3 is 2.35 bits per heavy atom. The van der Waals surface area contributed by atoms with Crippen LogP contribution in [0.1, 0.15) is 50.5 Å². The average molecular weight is 318 g/mol. The smallest absolute Gasteiger partial charge is 0.123 e. The number of rotatable bonds is 3. The first-order chi connectivity index (χ1) is 11.0. The molecule has 2 fully saturated rings. The molecule has 2 nitrogen and oxygen atoms in total. The molecule has 1 spiro atoms. The van der Waals surface area contributed by atoms with Gasteiger partial charge in [0.25, 0.3) is 0 Å². The number of likely N-dealkylation sites (tertiary alicyclic amines) is 1. The molecule has 3 rings (SSSR count). The van der Waals surface area contributed by atoms with Gasteiger partial charge in [-0.25, -0.2) is 4.39 Å². The molecule has 0 amide bonds. The third-order valence-corrected chi connectivity index (χ3v) is 6.41. The fraction of sp³-hybridized carbons (Fsp3) is 0.700. The van der Waals surface area contributed by atoms with E-state index in [1.807, 2.05) is 12.1 Å². The van der Waals surface area contributed by atoms with Crippen LogP contribution in [0.3, 0.4) is 0 Å². The third kappa shape index (κ3) is 3.61. The summed E-state index contributed by atoms with van der Waals surface area (Å²) in [5.41, 5.74) is 1.83. The Kier molecular flexibility index (Phi) is 5.07. The summed E-state index contributed by atoms with van der Waals surface area (Å²) in [4.78, 5) is 4.96. The van der Waals surface area contributed by atoms with Gasteiger partial charge in [-0.3, -0.25) is 0 Å². The van der Waals surface area contributed by atoms with Crippen LogP contribution in [-0.2, 0) is 0 Å². The quantitative estimate of drug-likeness (QED) is 0.827. The molecule has 2 aliphatic rings. The lowest BCUT2D eigenvalue weighted by molar-refractivity contribution is 0.0320. The lowest BCUT2D eigenvalue weighted by atomic mass is 9.61. The summed E-state index contributed by atoms with van der Waals surface area (Å²) in [6, 6.07) is 7.86. The lowest BCUT2D eigenvalue weighted by Gasteiger charge is -2.50. The van der Waals surface area contributed by atoms with Gasteiger partial charge in [0.05, 0.1) is 0 Å². The van der Waals surface area contributed by atoms with Crippen LogP contribution in [0, 0.1) is 11.2 Å². The fourth-order valence-electron chi connectivity index (χ4n) is 4.83. The molecule has 1 heterocycles. The predicted molar refractivity (Wildman–Crippen MR) is 94.2 cm³/mol. The van der Waals surface area contributed by atoms with E-state index < -0.39 is 0 Å². The van der Waals surface area contributed by atoms with Gasteiger partial charge in [0.2, 0.25) is 0 Å². The number of likely N-dealkylation sites (N-methyl/N-ethyl adjacent to an activating group) is 1. The molecule has 2 unspecified atom stereocenters. The Morgan fingerprint density at radius 2 is 1.78 bits per heavy atom. The fourth-order valence-corrected chi connectivity index (χ4v) is 4.83. The van der Waals surface area contributed by atoms with E-state index in [-0.39, 0.29) is 5.82 Å². The minimum absolute atomic E-state index is 0.128. The highest BCUT2D eigenvalue weighted by Crippen LogP contribution is 2.50. The largest absolute Gasteiger partial charge is 0.306 e. The van der Waals surface area contributed by atoms with Gasteiger partial charge < -0.3 is 9.80 Å². The highest BCUT2D eigenvalue weighted by Gasteiger charge is 2.43. The summed E-state index contributed by atoms with van der Waals surface area (Å²) in [7, 11) is 4.39. The van der Waals surface area contributed by atoms with Crippen LogP contribution in [0.2, 0.25) is 0 Å². The van der Waals surface area contributed by atoms with Crippen LogP contribution < -0.4 is 0 Å². The zero-order valence-corrected chi connectivity index (χ0v) is 14.9. The zero-order valence-electron chi connectivity index (χ0n) is 14.9. The number of hydrogen-bond donors (Lipinski definition) is 0. The monoisotopic (exact) mass is 318 g/mol. The molecule has 2 atom stereocenters. The second-order valence-corrected chi connectivity index (χ2v) is 7.87. The van der Waals surface area contributed by atoms with E-state index in [4.69, 9.17) is 0 Å². The Labute approximate surface area is 140 Å². The Morgan fingerprint density at radius 1 is 1.13 bits per heavy atom.